The third-order valence-corrected chi connectivity index (χ3v) is 3.48. The van der Waals surface area contributed by atoms with E-state index >= 15 is 0 Å². The molecule has 1 N–H and O–H groups in total. The molecule has 106 valence electrons. The molecular weight excluding hydrogens is 264 g/mol. The summed E-state index contributed by atoms with van der Waals surface area (Å²) < 4.78 is 5.47. The molecule has 0 aliphatic carbocycles. The molecule has 0 aliphatic rings. The van der Waals surface area contributed by atoms with Crippen LogP contribution in [0.1, 0.15) is 27.4 Å². The average Bonchev–Trinajstić information content (AvgIpc) is 2.81. The van der Waals surface area contributed by atoms with Gasteiger partial charge in [0.15, 0.2) is 11.5 Å². The number of aryl methyl sites for hydroxylation is 3. The highest BCUT2D eigenvalue weighted by Gasteiger charge is 2.12. The Morgan fingerprint density at radius 2 is 1.81 bits per heavy atom. The van der Waals surface area contributed by atoms with Crippen LogP contribution in [0.5, 0.6) is 0 Å². The molecule has 0 unspecified atom stereocenters. The predicted molar refractivity (Wildman–Crippen MR) is 82.6 cm³/mol. The predicted octanol–water partition coefficient (Wildman–Crippen LogP) is 4.01. The molecule has 0 radical (unpaired) electrons. The van der Waals surface area contributed by atoms with Gasteiger partial charge in [-0.25, -0.2) is 4.98 Å². The van der Waals surface area contributed by atoms with Crippen molar-refractivity contribution in [3.05, 3.63) is 59.0 Å². The van der Waals surface area contributed by atoms with Crippen LogP contribution in [0.15, 0.2) is 40.8 Å². The number of para-hydroxylation sites is 1. The smallest absolute Gasteiger partial charge is 0.255 e. The van der Waals surface area contributed by atoms with Crippen LogP contribution < -0.4 is 5.32 Å². The summed E-state index contributed by atoms with van der Waals surface area (Å²) in [6, 6.07) is 11.2. The van der Waals surface area contributed by atoms with Crippen LogP contribution in [0.2, 0.25) is 0 Å². The number of nitrogens with zero attached hydrogens (tertiary/aromatic N) is 1. The topological polar surface area (TPSA) is 55.1 Å². The van der Waals surface area contributed by atoms with Gasteiger partial charge in [-0.1, -0.05) is 18.2 Å². The lowest BCUT2D eigenvalue weighted by atomic mass is 10.1. The molecule has 1 heterocycles. The van der Waals surface area contributed by atoms with E-state index in [1.807, 2.05) is 32.0 Å². The minimum Gasteiger partial charge on any atom is -0.441 e. The molecule has 0 saturated heterocycles. The molecule has 0 spiro atoms. The average molecular weight is 280 g/mol. The zero-order chi connectivity index (χ0) is 15.0. The van der Waals surface area contributed by atoms with Crippen molar-refractivity contribution >= 4 is 22.7 Å². The summed E-state index contributed by atoms with van der Waals surface area (Å²) in [6.07, 6.45) is 0. The second-order valence-electron chi connectivity index (χ2n) is 5.14. The SMILES string of the molecule is Cc1nc2ccc(C(=O)Nc3c(C)cccc3C)cc2o1. The second kappa shape index (κ2) is 5.05. The Morgan fingerprint density at radius 3 is 2.52 bits per heavy atom. The lowest BCUT2D eigenvalue weighted by molar-refractivity contribution is 0.102. The number of aromatic nitrogens is 1. The Morgan fingerprint density at radius 1 is 1.10 bits per heavy atom. The highest BCUT2D eigenvalue weighted by Crippen LogP contribution is 2.22. The van der Waals surface area contributed by atoms with Crippen molar-refractivity contribution < 1.29 is 9.21 Å². The fourth-order valence-electron chi connectivity index (χ4n) is 2.38. The van der Waals surface area contributed by atoms with E-state index in [0.717, 1.165) is 22.3 Å². The Bertz CT molecular complexity index is 814. The monoisotopic (exact) mass is 280 g/mol. The van der Waals surface area contributed by atoms with Gasteiger partial charge in [-0.05, 0) is 43.2 Å². The third-order valence-electron chi connectivity index (χ3n) is 3.48. The summed E-state index contributed by atoms with van der Waals surface area (Å²) >= 11 is 0. The van der Waals surface area contributed by atoms with Gasteiger partial charge in [0.1, 0.15) is 5.52 Å². The van der Waals surface area contributed by atoms with Crippen molar-refractivity contribution in [3.63, 3.8) is 0 Å². The van der Waals surface area contributed by atoms with Crippen LogP contribution in [0.3, 0.4) is 0 Å². The third kappa shape index (κ3) is 2.52. The number of rotatable bonds is 2. The molecule has 0 bridgehead atoms. The lowest BCUT2D eigenvalue weighted by Crippen LogP contribution is -2.13. The lowest BCUT2D eigenvalue weighted by Gasteiger charge is -2.11. The van der Waals surface area contributed by atoms with E-state index in [1.165, 1.54) is 0 Å². The summed E-state index contributed by atoms with van der Waals surface area (Å²) in [5.74, 6) is 0.445. The maximum atomic E-state index is 12.4. The highest BCUT2D eigenvalue weighted by molar-refractivity contribution is 6.06. The molecule has 0 fully saturated rings. The molecule has 1 amide bonds. The van der Waals surface area contributed by atoms with Gasteiger partial charge in [-0.15, -0.1) is 0 Å². The van der Waals surface area contributed by atoms with Crippen molar-refractivity contribution in [3.8, 4) is 0 Å². The van der Waals surface area contributed by atoms with Crippen molar-refractivity contribution in [1.82, 2.24) is 4.98 Å². The van der Waals surface area contributed by atoms with Gasteiger partial charge < -0.3 is 9.73 Å². The maximum absolute atomic E-state index is 12.4. The number of hydrogen-bond donors (Lipinski definition) is 1. The number of nitrogens with one attached hydrogen (secondary N) is 1. The summed E-state index contributed by atoms with van der Waals surface area (Å²) in [5.41, 5.74) is 4.88. The molecule has 3 aromatic rings. The maximum Gasteiger partial charge on any atom is 0.255 e. The Labute approximate surface area is 122 Å². The number of oxazole rings is 1. The van der Waals surface area contributed by atoms with E-state index in [4.69, 9.17) is 4.42 Å². The fourth-order valence-corrected chi connectivity index (χ4v) is 2.38. The van der Waals surface area contributed by atoms with Gasteiger partial charge in [-0.3, -0.25) is 4.79 Å². The Kier molecular flexibility index (Phi) is 3.22. The summed E-state index contributed by atoms with van der Waals surface area (Å²) in [6.45, 7) is 5.74. The molecule has 2 aromatic carbocycles. The first kappa shape index (κ1) is 13.4. The molecule has 0 saturated carbocycles. The fraction of sp³-hybridized carbons (Fsp3) is 0.176. The van der Waals surface area contributed by atoms with Crippen molar-refractivity contribution in [2.24, 2.45) is 0 Å². The molecule has 0 atom stereocenters. The summed E-state index contributed by atoms with van der Waals surface area (Å²) in [5, 5.41) is 2.97. The van der Waals surface area contributed by atoms with Gasteiger partial charge >= 0.3 is 0 Å². The number of amides is 1. The van der Waals surface area contributed by atoms with Crippen LogP contribution in [-0.2, 0) is 0 Å². The molecule has 4 heteroatoms. The molecular formula is C17H16N2O2. The Hall–Kier alpha value is -2.62. The molecule has 3 rings (SSSR count). The minimum atomic E-state index is -0.150. The van der Waals surface area contributed by atoms with E-state index in [0.29, 0.717) is 17.0 Å². The molecule has 4 nitrogen and oxygen atoms in total. The number of fused-ring (bicyclic) bond motifs is 1. The zero-order valence-corrected chi connectivity index (χ0v) is 12.2. The quantitative estimate of drug-likeness (QED) is 0.771. The van der Waals surface area contributed by atoms with Crippen molar-refractivity contribution in [1.29, 1.82) is 0 Å². The minimum absolute atomic E-state index is 0.150. The van der Waals surface area contributed by atoms with Crippen LogP contribution in [0, 0.1) is 20.8 Å². The van der Waals surface area contributed by atoms with Gasteiger partial charge in [0.2, 0.25) is 0 Å². The van der Waals surface area contributed by atoms with E-state index in [-0.39, 0.29) is 5.91 Å². The largest absolute Gasteiger partial charge is 0.441 e. The number of hydrogen-bond acceptors (Lipinski definition) is 3. The molecule has 1 aromatic heterocycles. The van der Waals surface area contributed by atoms with Crippen LogP contribution in [0.4, 0.5) is 5.69 Å². The zero-order valence-electron chi connectivity index (χ0n) is 12.2. The molecule has 21 heavy (non-hydrogen) atoms. The first-order chi connectivity index (χ1) is 10.0. The van der Waals surface area contributed by atoms with Crippen LogP contribution >= 0.6 is 0 Å². The normalized spacial score (nSPS) is 10.8. The van der Waals surface area contributed by atoms with Gasteiger partial charge in [-0.2, -0.15) is 0 Å². The number of benzene rings is 2. The standard InChI is InChI=1S/C17H16N2O2/c1-10-5-4-6-11(2)16(10)19-17(20)13-7-8-14-15(9-13)21-12(3)18-14/h4-9H,1-3H3,(H,19,20). The highest BCUT2D eigenvalue weighted by atomic mass is 16.3. The van der Waals surface area contributed by atoms with Crippen molar-refractivity contribution in [2.45, 2.75) is 20.8 Å². The first-order valence-electron chi connectivity index (χ1n) is 6.79. The number of carbonyl (C=O) groups is 1. The van der Waals surface area contributed by atoms with Crippen LogP contribution in [-0.4, -0.2) is 10.9 Å². The van der Waals surface area contributed by atoms with Gasteiger partial charge in [0.25, 0.3) is 5.91 Å². The summed E-state index contributed by atoms with van der Waals surface area (Å²) in [4.78, 5) is 16.6. The van der Waals surface area contributed by atoms with E-state index in [1.54, 1.807) is 25.1 Å². The first-order valence-corrected chi connectivity index (χ1v) is 6.79. The van der Waals surface area contributed by atoms with Crippen molar-refractivity contribution in [2.75, 3.05) is 5.32 Å². The second-order valence-corrected chi connectivity index (χ2v) is 5.14. The van der Waals surface area contributed by atoms with E-state index < -0.39 is 0 Å². The summed E-state index contributed by atoms with van der Waals surface area (Å²) in [7, 11) is 0. The van der Waals surface area contributed by atoms with E-state index in [9.17, 15) is 4.79 Å². The molecule has 0 aliphatic heterocycles. The Balaban J connectivity index is 1.93. The van der Waals surface area contributed by atoms with Crippen LogP contribution in [0.25, 0.3) is 11.1 Å². The number of anilines is 1. The van der Waals surface area contributed by atoms with Gasteiger partial charge in [0.05, 0.1) is 0 Å². The van der Waals surface area contributed by atoms with Gasteiger partial charge in [0, 0.05) is 18.2 Å². The van der Waals surface area contributed by atoms with E-state index in [2.05, 4.69) is 10.3 Å². The number of carbonyl (C=O) groups excluding carboxylic acids is 1.